The van der Waals surface area contributed by atoms with Gasteiger partial charge in [0.25, 0.3) is 0 Å². The number of aliphatic hydroxyl groups is 2. The minimum atomic E-state index is -1.06. The van der Waals surface area contributed by atoms with Gasteiger partial charge >= 0.3 is 0 Å². The maximum atomic E-state index is 11.1. The molecule has 0 spiro atoms. The number of morpholine rings is 1. The number of aliphatic hydroxyl groups excluding tert-OH is 2. The zero-order chi connectivity index (χ0) is 10.1. The summed E-state index contributed by atoms with van der Waals surface area (Å²) >= 11 is 0. The lowest BCUT2D eigenvalue weighted by Gasteiger charge is -2.29. The van der Waals surface area contributed by atoms with E-state index in [0.717, 1.165) is 0 Å². The topological polar surface area (TPSA) is 70.0 Å². The van der Waals surface area contributed by atoms with Gasteiger partial charge in [-0.2, -0.15) is 0 Å². The quantitative estimate of drug-likeness (QED) is 0.591. The van der Waals surface area contributed by atoms with E-state index in [4.69, 9.17) is 4.74 Å². The molecular formula is C9H13NO4. The highest BCUT2D eigenvalue weighted by Crippen LogP contribution is 2.25. The molecule has 0 aromatic heterocycles. The average Bonchev–Trinajstić information content (AvgIpc) is 2.47. The van der Waals surface area contributed by atoms with E-state index in [2.05, 4.69) is 0 Å². The first-order valence-electron chi connectivity index (χ1n) is 4.67. The van der Waals surface area contributed by atoms with Crippen molar-refractivity contribution >= 4 is 5.78 Å². The average molecular weight is 199 g/mol. The first kappa shape index (κ1) is 9.48. The van der Waals surface area contributed by atoms with Crippen molar-refractivity contribution in [1.29, 1.82) is 0 Å². The smallest absolute Gasteiger partial charge is 0.227 e. The van der Waals surface area contributed by atoms with Crippen molar-refractivity contribution in [3.63, 3.8) is 0 Å². The van der Waals surface area contributed by atoms with Gasteiger partial charge in [0.2, 0.25) is 5.78 Å². The van der Waals surface area contributed by atoms with Gasteiger partial charge in [-0.1, -0.05) is 0 Å². The number of ketones is 1. The molecule has 2 aliphatic rings. The van der Waals surface area contributed by atoms with E-state index >= 15 is 0 Å². The Hall–Kier alpha value is -1.07. The molecule has 0 bridgehead atoms. The molecule has 0 aromatic carbocycles. The van der Waals surface area contributed by atoms with Gasteiger partial charge < -0.3 is 19.8 Å². The predicted octanol–water partition coefficient (Wildman–Crippen LogP) is -0.578. The van der Waals surface area contributed by atoms with E-state index in [1.807, 2.05) is 4.90 Å². The largest absolute Gasteiger partial charge is 0.503 e. The molecule has 0 radical (unpaired) electrons. The number of ether oxygens (including phenoxy) is 1. The molecule has 2 N–H and O–H groups in total. The molecule has 1 saturated heterocycles. The third-order valence-electron chi connectivity index (χ3n) is 2.59. The molecule has 1 heterocycles. The highest BCUT2D eigenvalue weighted by molar-refractivity contribution is 5.99. The Labute approximate surface area is 81.6 Å². The fraction of sp³-hybridized carbons (Fsp3) is 0.667. The normalized spacial score (nSPS) is 28.8. The van der Waals surface area contributed by atoms with Crippen molar-refractivity contribution in [2.24, 2.45) is 0 Å². The zero-order valence-corrected chi connectivity index (χ0v) is 7.77. The molecule has 1 unspecified atom stereocenters. The lowest BCUT2D eigenvalue weighted by molar-refractivity contribution is -0.124. The van der Waals surface area contributed by atoms with Crippen LogP contribution in [0.15, 0.2) is 11.5 Å². The van der Waals surface area contributed by atoms with Crippen LogP contribution >= 0.6 is 0 Å². The van der Waals surface area contributed by atoms with Crippen molar-refractivity contribution in [3.8, 4) is 0 Å². The van der Waals surface area contributed by atoms with Crippen LogP contribution in [0.5, 0.6) is 0 Å². The van der Waals surface area contributed by atoms with E-state index < -0.39 is 11.9 Å². The summed E-state index contributed by atoms with van der Waals surface area (Å²) in [6.45, 7) is 2.53. The van der Waals surface area contributed by atoms with Crippen LogP contribution in [0.1, 0.15) is 6.42 Å². The summed E-state index contributed by atoms with van der Waals surface area (Å²) in [4.78, 5) is 13.0. The Morgan fingerprint density at radius 3 is 2.50 bits per heavy atom. The van der Waals surface area contributed by atoms with E-state index in [9.17, 15) is 15.0 Å². The van der Waals surface area contributed by atoms with E-state index in [1.54, 1.807) is 0 Å². The fourth-order valence-electron chi connectivity index (χ4n) is 1.78. The summed E-state index contributed by atoms with van der Waals surface area (Å²) in [7, 11) is 0. The van der Waals surface area contributed by atoms with Crippen molar-refractivity contribution < 1.29 is 19.7 Å². The summed E-state index contributed by atoms with van der Waals surface area (Å²) < 4.78 is 5.15. The third kappa shape index (κ3) is 1.49. The highest BCUT2D eigenvalue weighted by atomic mass is 16.5. The molecule has 78 valence electrons. The van der Waals surface area contributed by atoms with Crippen molar-refractivity contribution in [2.75, 3.05) is 26.3 Å². The van der Waals surface area contributed by atoms with Crippen LogP contribution in [0.4, 0.5) is 0 Å². The molecule has 0 saturated carbocycles. The Bertz CT molecular complexity index is 281. The first-order chi connectivity index (χ1) is 6.70. The van der Waals surface area contributed by atoms with Gasteiger partial charge in [-0.3, -0.25) is 4.79 Å². The maximum Gasteiger partial charge on any atom is 0.227 e. The SMILES string of the molecule is O=C1C(O)=C(N2CCOCC2)CC1O. The standard InChI is InChI=1S/C9H13NO4/c11-7-5-6(8(12)9(7)13)10-1-3-14-4-2-10/h7,11-12H,1-5H2. The molecule has 2 rings (SSSR count). The van der Waals surface area contributed by atoms with Gasteiger partial charge in [-0.15, -0.1) is 0 Å². The van der Waals surface area contributed by atoms with Crippen LogP contribution in [-0.2, 0) is 9.53 Å². The zero-order valence-electron chi connectivity index (χ0n) is 7.77. The van der Waals surface area contributed by atoms with Gasteiger partial charge in [-0.05, 0) is 0 Å². The van der Waals surface area contributed by atoms with Crippen molar-refractivity contribution in [3.05, 3.63) is 11.5 Å². The third-order valence-corrected chi connectivity index (χ3v) is 2.59. The molecular weight excluding hydrogens is 186 g/mol. The second-order valence-corrected chi connectivity index (χ2v) is 3.48. The Morgan fingerprint density at radius 2 is 2.00 bits per heavy atom. The summed E-state index contributed by atoms with van der Waals surface area (Å²) in [6.07, 6.45) is -0.835. The van der Waals surface area contributed by atoms with Crippen LogP contribution < -0.4 is 0 Å². The Morgan fingerprint density at radius 1 is 1.36 bits per heavy atom. The summed E-state index contributed by atoms with van der Waals surface area (Å²) in [6, 6.07) is 0. The number of hydrogen-bond acceptors (Lipinski definition) is 5. The van der Waals surface area contributed by atoms with Crippen molar-refractivity contribution in [2.45, 2.75) is 12.5 Å². The van der Waals surface area contributed by atoms with Crippen LogP contribution in [0.25, 0.3) is 0 Å². The number of rotatable bonds is 1. The van der Waals surface area contributed by atoms with Gasteiger partial charge in [-0.25, -0.2) is 0 Å². The molecule has 0 amide bonds. The predicted molar refractivity (Wildman–Crippen MR) is 47.7 cm³/mol. The molecule has 1 aliphatic carbocycles. The summed E-state index contributed by atoms with van der Waals surface area (Å²) in [5.74, 6) is -0.842. The minimum absolute atomic E-state index is 0.227. The fourth-order valence-corrected chi connectivity index (χ4v) is 1.78. The maximum absolute atomic E-state index is 11.1. The molecule has 0 aromatic rings. The lowest BCUT2D eigenvalue weighted by atomic mass is 10.2. The Balaban J connectivity index is 2.13. The number of nitrogens with zero attached hydrogens (tertiary/aromatic N) is 1. The van der Waals surface area contributed by atoms with E-state index in [1.165, 1.54) is 0 Å². The molecule has 5 heteroatoms. The van der Waals surface area contributed by atoms with Crippen LogP contribution in [0, 0.1) is 0 Å². The highest BCUT2D eigenvalue weighted by Gasteiger charge is 2.34. The lowest BCUT2D eigenvalue weighted by Crippen LogP contribution is -2.35. The molecule has 14 heavy (non-hydrogen) atoms. The second-order valence-electron chi connectivity index (χ2n) is 3.48. The minimum Gasteiger partial charge on any atom is -0.503 e. The number of hydrogen-bond donors (Lipinski definition) is 2. The van der Waals surface area contributed by atoms with E-state index in [-0.39, 0.29) is 12.2 Å². The number of Topliss-reactive ketones (excluding diaryl/α,β-unsaturated/α-hetero) is 1. The van der Waals surface area contributed by atoms with E-state index in [0.29, 0.717) is 32.0 Å². The van der Waals surface area contributed by atoms with Gasteiger partial charge in [0.15, 0.2) is 5.76 Å². The van der Waals surface area contributed by atoms with Gasteiger partial charge in [0.05, 0.1) is 18.9 Å². The summed E-state index contributed by atoms with van der Waals surface area (Å²) in [5.41, 5.74) is 0.561. The Kier molecular flexibility index (Phi) is 2.43. The van der Waals surface area contributed by atoms with Crippen LogP contribution in [0.2, 0.25) is 0 Å². The molecule has 1 atom stereocenters. The monoisotopic (exact) mass is 199 g/mol. The summed E-state index contributed by atoms with van der Waals surface area (Å²) in [5, 5.41) is 18.7. The van der Waals surface area contributed by atoms with Gasteiger partial charge in [0.1, 0.15) is 6.10 Å². The van der Waals surface area contributed by atoms with Crippen LogP contribution in [0.3, 0.4) is 0 Å². The second kappa shape index (κ2) is 3.59. The number of carbonyl (C=O) groups is 1. The van der Waals surface area contributed by atoms with Crippen LogP contribution in [-0.4, -0.2) is 53.3 Å². The van der Waals surface area contributed by atoms with Gasteiger partial charge in [0, 0.05) is 19.5 Å². The molecule has 1 fully saturated rings. The first-order valence-corrected chi connectivity index (χ1v) is 4.67. The molecule has 1 aliphatic heterocycles. The molecule has 5 nitrogen and oxygen atoms in total. The number of carbonyl (C=O) groups excluding carboxylic acids is 1. The van der Waals surface area contributed by atoms with Crippen molar-refractivity contribution in [1.82, 2.24) is 4.90 Å².